The van der Waals surface area contributed by atoms with E-state index in [1.807, 2.05) is 12.3 Å². The lowest BCUT2D eigenvalue weighted by Crippen LogP contribution is -2.27. The van der Waals surface area contributed by atoms with Crippen LogP contribution in [0.2, 0.25) is 0 Å². The minimum atomic E-state index is 0.340. The monoisotopic (exact) mass is 315 g/mol. The molecular weight excluding hydrogens is 290 g/mol. The molecule has 124 valence electrons. The zero-order valence-corrected chi connectivity index (χ0v) is 13.9. The molecule has 0 spiro atoms. The SMILES string of the molecule is Cc1[nH]ncc1CCCNC(C)CCc1ccc2c(c1)OCO2. The van der Waals surface area contributed by atoms with Crippen LogP contribution in [0.4, 0.5) is 0 Å². The van der Waals surface area contributed by atoms with Crippen LogP contribution in [0.25, 0.3) is 0 Å². The standard InChI is InChI=1S/C18H25N3O2/c1-13(19-9-3-4-16-11-20-21-14(16)2)5-6-15-7-8-17-18(10-15)23-12-22-17/h7-8,10-11,13,19H,3-6,9,12H2,1-2H3,(H,20,21). The van der Waals surface area contributed by atoms with Crippen molar-refractivity contribution in [1.29, 1.82) is 0 Å². The molecule has 1 unspecified atom stereocenters. The molecule has 1 atom stereocenters. The number of benzene rings is 1. The van der Waals surface area contributed by atoms with E-state index in [0.717, 1.165) is 43.7 Å². The molecule has 2 aromatic rings. The summed E-state index contributed by atoms with van der Waals surface area (Å²) in [4.78, 5) is 0. The van der Waals surface area contributed by atoms with Crippen molar-refractivity contribution in [1.82, 2.24) is 15.5 Å². The first kappa shape index (κ1) is 15.9. The van der Waals surface area contributed by atoms with E-state index in [0.29, 0.717) is 12.8 Å². The predicted molar refractivity (Wildman–Crippen MR) is 90.0 cm³/mol. The number of nitrogens with zero attached hydrogens (tertiary/aromatic N) is 1. The Balaban J connectivity index is 1.35. The van der Waals surface area contributed by atoms with Gasteiger partial charge in [-0.2, -0.15) is 5.10 Å². The Hall–Kier alpha value is -2.01. The van der Waals surface area contributed by atoms with Crippen molar-refractivity contribution in [2.75, 3.05) is 13.3 Å². The molecule has 0 aliphatic carbocycles. The van der Waals surface area contributed by atoms with Gasteiger partial charge >= 0.3 is 0 Å². The van der Waals surface area contributed by atoms with Gasteiger partial charge in [-0.1, -0.05) is 6.07 Å². The highest BCUT2D eigenvalue weighted by Crippen LogP contribution is 2.32. The number of aromatic amines is 1. The van der Waals surface area contributed by atoms with Crippen molar-refractivity contribution in [3.05, 3.63) is 41.2 Å². The summed E-state index contributed by atoms with van der Waals surface area (Å²) in [5.74, 6) is 1.73. The summed E-state index contributed by atoms with van der Waals surface area (Å²) >= 11 is 0. The number of ether oxygens (including phenoxy) is 2. The summed E-state index contributed by atoms with van der Waals surface area (Å²) in [6.45, 7) is 5.69. The van der Waals surface area contributed by atoms with Crippen LogP contribution in [0.5, 0.6) is 11.5 Å². The zero-order chi connectivity index (χ0) is 16.1. The number of nitrogens with one attached hydrogen (secondary N) is 2. The summed E-state index contributed by atoms with van der Waals surface area (Å²) in [5, 5.41) is 10.6. The second-order valence-corrected chi connectivity index (χ2v) is 6.21. The van der Waals surface area contributed by atoms with Gasteiger partial charge in [-0.3, -0.25) is 5.10 Å². The van der Waals surface area contributed by atoms with Crippen LogP contribution in [0.3, 0.4) is 0 Å². The third-order valence-electron chi connectivity index (χ3n) is 4.35. The lowest BCUT2D eigenvalue weighted by Gasteiger charge is -2.14. The number of fused-ring (bicyclic) bond motifs is 1. The zero-order valence-electron chi connectivity index (χ0n) is 13.9. The first-order chi connectivity index (χ1) is 11.2. The second kappa shape index (κ2) is 7.51. The maximum atomic E-state index is 5.42. The van der Waals surface area contributed by atoms with Crippen molar-refractivity contribution < 1.29 is 9.47 Å². The Bertz CT molecular complexity index is 639. The molecule has 5 nitrogen and oxygen atoms in total. The van der Waals surface area contributed by atoms with Gasteiger partial charge < -0.3 is 14.8 Å². The molecule has 0 bridgehead atoms. The molecule has 0 fully saturated rings. The van der Waals surface area contributed by atoms with Gasteiger partial charge in [0.2, 0.25) is 6.79 Å². The van der Waals surface area contributed by atoms with E-state index in [2.05, 4.69) is 41.5 Å². The highest BCUT2D eigenvalue weighted by atomic mass is 16.7. The van der Waals surface area contributed by atoms with Crippen molar-refractivity contribution in [3.63, 3.8) is 0 Å². The fourth-order valence-corrected chi connectivity index (χ4v) is 2.84. The van der Waals surface area contributed by atoms with Gasteiger partial charge in [0.25, 0.3) is 0 Å². The number of H-pyrrole nitrogens is 1. The third-order valence-corrected chi connectivity index (χ3v) is 4.35. The predicted octanol–water partition coefficient (Wildman–Crippen LogP) is 2.99. The van der Waals surface area contributed by atoms with E-state index in [1.165, 1.54) is 16.8 Å². The Morgan fingerprint density at radius 2 is 2.13 bits per heavy atom. The molecule has 1 aromatic carbocycles. The van der Waals surface area contributed by atoms with E-state index in [4.69, 9.17) is 9.47 Å². The summed E-state index contributed by atoms with van der Waals surface area (Å²) in [6, 6.07) is 6.73. The molecular formula is C18H25N3O2. The number of rotatable bonds is 8. The third kappa shape index (κ3) is 4.26. The minimum absolute atomic E-state index is 0.340. The minimum Gasteiger partial charge on any atom is -0.454 e. The van der Waals surface area contributed by atoms with Crippen LogP contribution in [-0.4, -0.2) is 29.6 Å². The van der Waals surface area contributed by atoms with E-state index < -0.39 is 0 Å². The molecule has 0 amide bonds. The van der Waals surface area contributed by atoms with E-state index in [9.17, 15) is 0 Å². The first-order valence-corrected chi connectivity index (χ1v) is 8.33. The molecule has 1 aliphatic heterocycles. The second-order valence-electron chi connectivity index (χ2n) is 6.21. The number of aromatic nitrogens is 2. The maximum Gasteiger partial charge on any atom is 0.231 e. The molecule has 0 radical (unpaired) electrons. The van der Waals surface area contributed by atoms with Crippen LogP contribution in [0.15, 0.2) is 24.4 Å². The maximum absolute atomic E-state index is 5.42. The lowest BCUT2D eigenvalue weighted by molar-refractivity contribution is 0.174. The Morgan fingerprint density at radius 3 is 2.96 bits per heavy atom. The number of hydrogen-bond acceptors (Lipinski definition) is 4. The van der Waals surface area contributed by atoms with Gasteiger partial charge in [0.15, 0.2) is 11.5 Å². The fraction of sp³-hybridized carbons (Fsp3) is 0.500. The molecule has 23 heavy (non-hydrogen) atoms. The largest absolute Gasteiger partial charge is 0.454 e. The smallest absolute Gasteiger partial charge is 0.231 e. The van der Waals surface area contributed by atoms with Gasteiger partial charge in [0.05, 0.1) is 6.20 Å². The highest BCUT2D eigenvalue weighted by Gasteiger charge is 2.13. The van der Waals surface area contributed by atoms with Crippen molar-refractivity contribution in [3.8, 4) is 11.5 Å². The van der Waals surface area contributed by atoms with Crippen molar-refractivity contribution >= 4 is 0 Å². The topological polar surface area (TPSA) is 59.2 Å². The fourth-order valence-electron chi connectivity index (χ4n) is 2.84. The van der Waals surface area contributed by atoms with Crippen LogP contribution < -0.4 is 14.8 Å². The van der Waals surface area contributed by atoms with Crippen LogP contribution in [0.1, 0.15) is 36.6 Å². The number of hydrogen-bond donors (Lipinski definition) is 2. The quantitative estimate of drug-likeness (QED) is 0.735. The van der Waals surface area contributed by atoms with Crippen molar-refractivity contribution in [2.45, 2.75) is 45.6 Å². The summed E-state index contributed by atoms with van der Waals surface area (Å²) < 4.78 is 10.8. The van der Waals surface area contributed by atoms with Gasteiger partial charge in [-0.25, -0.2) is 0 Å². The Kier molecular flexibility index (Phi) is 5.18. The van der Waals surface area contributed by atoms with Crippen molar-refractivity contribution in [2.24, 2.45) is 0 Å². The Labute approximate surface area is 137 Å². The molecule has 0 saturated carbocycles. The first-order valence-electron chi connectivity index (χ1n) is 8.33. The van der Waals surface area contributed by atoms with E-state index in [1.54, 1.807) is 0 Å². The van der Waals surface area contributed by atoms with E-state index >= 15 is 0 Å². The molecule has 1 aromatic heterocycles. The van der Waals surface area contributed by atoms with Crippen LogP contribution in [-0.2, 0) is 12.8 Å². The summed E-state index contributed by atoms with van der Waals surface area (Å²) in [6.07, 6.45) is 6.30. The molecule has 3 rings (SSSR count). The highest BCUT2D eigenvalue weighted by molar-refractivity contribution is 5.44. The van der Waals surface area contributed by atoms with Gasteiger partial charge in [0.1, 0.15) is 0 Å². The van der Waals surface area contributed by atoms with E-state index in [-0.39, 0.29) is 0 Å². The summed E-state index contributed by atoms with van der Waals surface area (Å²) in [7, 11) is 0. The van der Waals surface area contributed by atoms with Gasteiger partial charge in [0, 0.05) is 11.7 Å². The number of aryl methyl sites for hydroxylation is 3. The average Bonchev–Trinajstić information content (AvgIpc) is 3.18. The molecule has 0 saturated heterocycles. The molecule has 2 N–H and O–H groups in total. The van der Waals surface area contributed by atoms with Gasteiger partial charge in [-0.15, -0.1) is 0 Å². The average molecular weight is 315 g/mol. The molecule has 2 heterocycles. The van der Waals surface area contributed by atoms with Crippen LogP contribution in [0, 0.1) is 6.92 Å². The lowest BCUT2D eigenvalue weighted by atomic mass is 10.1. The Morgan fingerprint density at radius 1 is 1.26 bits per heavy atom. The summed E-state index contributed by atoms with van der Waals surface area (Å²) in [5.41, 5.74) is 3.80. The molecule has 5 heteroatoms. The normalized spacial score (nSPS) is 14.2. The van der Waals surface area contributed by atoms with Gasteiger partial charge in [-0.05, 0) is 69.3 Å². The van der Waals surface area contributed by atoms with Crippen LogP contribution >= 0.6 is 0 Å². The molecule has 1 aliphatic rings.